The first-order valence-electron chi connectivity index (χ1n) is 3.65. The van der Waals surface area contributed by atoms with Crippen molar-refractivity contribution >= 4 is 10.0 Å². The van der Waals surface area contributed by atoms with Gasteiger partial charge >= 0.3 is 0 Å². The number of hydrogen-bond acceptors (Lipinski definition) is 3. The van der Waals surface area contributed by atoms with Gasteiger partial charge in [0, 0.05) is 6.54 Å². The predicted octanol–water partition coefficient (Wildman–Crippen LogP) is 0.827. The molecule has 0 bridgehead atoms. The minimum atomic E-state index is -3.39. The lowest BCUT2D eigenvalue weighted by atomic mass is 10.3. The highest BCUT2D eigenvalue weighted by atomic mass is 32.2. The Morgan fingerprint density at radius 2 is 1.91 bits per heavy atom. The number of sulfonamides is 1. The van der Waals surface area contributed by atoms with Gasteiger partial charge < -0.3 is 0 Å². The largest absolute Gasteiger partial charge is 0.299 e. The first kappa shape index (κ1) is 10.9. The van der Waals surface area contributed by atoms with Crippen molar-refractivity contribution in [3.8, 4) is 0 Å². The molecule has 4 nitrogen and oxygen atoms in total. The van der Waals surface area contributed by atoms with Crippen LogP contribution in [0.3, 0.4) is 0 Å². The Balaban J connectivity index is 3.62. The minimum Gasteiger partial charge on any atom is -0.299 e. The lowest BCUT2D eigenvalue weighted by Gasteiger charge is -2.10. The molecule has 68 valence electrons. The molecule has 0 unspecified atom stereocenters. The standard InChI is InChI=1S/C6H15NO3S/c1-3-4-5-6-7(8)11(2,9)10/h8H,3-6H2,1-2H3. The van der Waals surface area contributed by atoms with Gasteiger partial charge in [-0.1, -0.05) is 24.2 Å². The number of rotatable bonds is 5. The third-order valence-electron chi connectivity index (χ3n) is 1.34. The summed E-state index contributed by atoms with van der Waals surface area (Å²) in [7, 11) is -3.39. The van der Waals surface area contributed by atoms with Crippen molar-refractivity contribution in [3.63, 3.8) is 0 Å². The summed E-state index contributed by atoms with van der Waals surface area (Å²) in [6.07, 6.45) is 3.64. The van der Waals surface area contributed by atoms with Crippen molar-refractivity contribution < 1.29 is 13.6 Å². The third kappa shape index (κ3) is 5.17. The Morgan fingerprint density at radius 1 is 1.36 bits per heavy atom. The Hall–Kier alpha value is -0.130. The van der Waals surface area contributed by atoms with Gasteiger partial charge in [0.2, 0.25) is 10.0 Å². The van der Waals surface area contributed by atoms with Crippen molar-refractivity contribution in [2.75, 3.05) is 12.8 Å². The summed E-state index contributed by atoms with van der Waals surface area (Å²) < 4.78 is 21.6. The molecule has 0 aliphatic heterocycles. The van der Waals surface area contributed by atoms with Gasteiger partial charge in [-0.05, 0) is 6.42 Å². The Labute approximate surface area is 67.8 Å². The second-order valence-corrected chi connectivity index (χ2v) is 4.40. The molecule has 0 fully saturated rings. The topological polar surface area (TPSA) is 57.6 Å². The van der Waals surface area contributed by atoms with Crippen molar-refractivity contribution in [1.82, 2.24) is 4.47 Å². The maximum absolute atomic E-state index is 10.6. The normalized spacial score (nSPS) is 12.4. The van der Waals surface area contributed by atoms with Gasteiger partial charge in [0.15, 0.2) is 0 Å². The number of nitrogens with zero attached hydrogens (tertiary/aromatic N) is 1. The molecule has 0 atom stereocenters. The van der Waals surface area contributed by atoms with E-state index in [1.54, 1.807) is 0 Å². The van der Waals surface area contributed by atoms with Crippen LogP contribution in [0.25, 0.3) is 0 Å². The van der Waals surface area contributed by atoms with E-state index in [4.69, 9.17) is 5.21 Å². The molecule has 0 aliphatic carbocycles. The molecule has 0 spiro atoms. The molecule has 0 saturated carbocycles. The average Bonchev–Trinajstić information content (AvgIpc) is 1.86. The van der Waals surface area contributed by atoms with Crippen LogP contribution >= 0.6 is 0 Å². The molecular formula is C6H15NO3S. The highest BCUT2D eigenvalue weighted by molar-refractivity contribution is 7.88. The van der Waals surface area contributed by atoms with E-state index in [-0.39, 0.29) is 6.54 Å². The zero-order valence-corrected chi connectivity index (χ0v) is 7.76. The van der Waals surface area contributed by atoms with E-state index in [1.165, 1.54) is 0 Å². The maximum atomic E-state index is 10.6. The first-order chi connectivity index (χ1) is 4.98. The van der Waals surface area contributed by atoms with Gasteiger partial charge in [-0.25, -0.2) is 8.42 Å². The molecule has 0 rings (SSSR count). The van der Waals surface area contributed by atoms with Crippen LogP contribution in [0.4, 0.5) is 0 Å². The van der Waals surface area contributed by atoms with Gasteiger partial charge in [0.25, 0.3) is 0 Å². The fourth-order valence-electron chi connectivity index (χ4n) is 0.663. The summed E-state index contributed by atoms with van der Waals surface area (Å²) in [4.78, 5) is 0. The van der Waals surface area contributed by atoms with E-state index >= 15 is 0 Å². The smallest absolute Gasteiger partial charge is 0.232 e. The van der Waals surface area contributed by atoms with Crippen LogP contribution < -0.4 is 0 Å². The SMILES string of the molecule is CCCCCN(O)S(C)(=O)=O. The quantitative estimate of drug-likeness (QED) is 0.505. The lowest BCUT2D eigenvalue weighted by molar-refractivity contribution is 0.00287. The van der Waals surface area contributed by atoms with Gasteiger partial charge in [-0.2, -0.15) is 0 Å². The van der Waals surface area contributed by atoms with E-state index in [0.29, 0.717) is 10.9 Å². The number of hydroxylamine groups is 1. The summed E-state index contributed by atoms with van der Waals surface area (Å²) >= 11 is 0. The van der Waals surface area contributed by atoms with E-state index in [1.807, 2.05) is 6.92 Å². The molecule has 1 N–H and O–H groups in total. The van der Waals surface area contributed by atoms with Crippen molar-refractivity contribution in [3.05, 3.63) is 0 Å². The fourth-order valence-corrected chi connectivity index (χ4v) is 1.12. The monoisotopic (exact) mass is 181 g/mol. The van der Waals surface area contributed by atoms with Gasteiger partial charge in [-0.3, -0.25) is 5.21 Å². The number of hydrogen-bond donors (Lipinski definition) is 1. The second-order valence-electron chi connectivity index (χ2n) is 2.52. The van der Waals surface area contributed by atoms with E-state index < -0.39 is 10.0 Å². The summed E-state index contributed by atoms with van der Waals surface area (Å²) in [6.45, 7) is 2.22. The molecule has 0 aliphatic rings. The first-order valence-corrected chi connectivity index (χ1v) is 5.50. The highest BCUT2D eigenvalue weighted by Crippen LogP contribution is 1.99. The summed E-state index contributed by atoms with van der Waals surface area (Å²) in [5.41, 5.74) is 0. The van der Waals surface area contributed by atoms with Gasteiger partial charge in [0.1, 0.15) is 0 Å². The van der Waals surface area contributed by atoms with Crippen LogP contribution in [0.15, 0.2) is 0 Å². The molecule has 0 heterocycles. The second kappa shape index (κ2) is 4.69. The van der Waals surface area contributed by atoms with Crippen molar-refractivity contribution in [2.45, 2.75) is 26.2 Å². The zero-order chi connectivity index (χ0) is 8.91. The molecule has 0 aromatic carbocycles. The van der Waals surface area contributed by atoms with E-state index in [2.05, 4.69) is 0 Å². The van der Waals surface area contributed by atoms with Crippen LogP contribution in [-0.2, 0) is 10.0 Å². The van der Waals surface area contributed by atoms with Gasteiger partial charge in [-0.15, -0.1) is 0 Å². The van der Waals surface area contributed by atoms with Crippen LogP contribution in [0, 0.1) is 0 Å². The number of unbranched alkanes of at least 4 members (excludes halogenated alkanes) is 2. The highest BCUT2D eigenvalue weighted by Gasteiger charge is 2.11. The molecule has 11 heavy (non-hydrogen) atoms. The Morgan fingerprint density at radius 3 is 2.27 bits per heavy atom. The fraction of sp³-hybridized carbons (Fsp3) is 1.00. The molecule has 0 amide bonds. The predicted molar refractivity (Wildman–Crippen MR) is 42.9 cm³/mol. The van der Waals surface area contributed by atoms with Crippen LogP contribution in [0.1, 0.15) is 26.2 Å². The average molecular weight is 181 g/mol. The van der Waals surface area contributed by atoms with Crippen molar-refractivity contribution in [2.24, 2.45) is 0 Å². The maximum Gasteiger partial charge on any atom is 0.232 e. The minimum absolute atomic E-state index is 0.201. The summed E-state index contributed by atoms with van der Waals surface area (Å²) in [5.74, 6) is 0. The molecule has 0 radical (unpaired) electrons. The summed E-state index contributed by atoms with van der Waals surface area (Å²) in [5, 5.41) is 8.86. The van der Waals surface area contributed by atoms with E-state index in [0.717, 1.165) is 19.1 Å². The molecule has 0 aromatic heterocycles. The molecule has 5 heteroatoms. The molecule has 0 aromatic rings. The van der Waals surface area contributed by atoms with Crippen molar-refractivity contribution in [1.29, 1.82) is 0 Å². The summed E-state index contributed by atoms with van der Waals surface area (Å²) in [6, 6.07) is 0. The molecular weight excluding hydrogens is 166 g/mol. The van der Waals surface area contributed by atoms with Crippen LogP contribution in [0.5, 0.6) is 0 Å². The third-order valence-corrected chi connectivity index (χ3v) is 2.28. The molecule has 0 saturated heterocycles. The lowest BCUT2D eigenvalue weighted by Crippen LogP contribution is -2.27. The van der Waals surface area contributed by atoms with Crippen LogP contribution in [0.2, 0.25) is 0 Å². The Kier molecular flexibility index (Phi) is 4.63. The zero-order valence-electron chi connectivity index (χ0n) is 6.95. The Bertz CT molecular complexity index is 188. The van der Waals surface area contributed by atoms with Gasteiger partial charge in [0.05, 0.1) is 6.26 Å². The van der Waals surface area contributed by atoms with Crippen LogP contribution in [-0.4, -0.2) is 30.9 Å². The van der Waals surface area contributed by atoms with E-state index in [9.17, 15) is 8.42 Å².